The molecule has 0 spiro atoms. The van der Waals surface area contributed by atoms with Crippen molar-refractivity contribution < 1.29 is 21.6 Å². The molecule has 0 unspecified atom stereocenters. The Morgan fingerprint density at radius 1 is 1.17 bits per heavy atom. The minimum absolute atomic E-state index is 0.0509. The van der Waals surface area contributed by atoms with Crippen LogP contribution in [0.1, 0.15) is 6.42 Å². The third-order valence-corrected chi connectivity index (χ3v) is 5.67. The Hall–Kier alpha value is -1.62. The molecule has 0 heterocycles. The van der Waals surface area contributed by atoms with Crippen molar-refractivity contribution in [2.45, 2.75) is 11.3 Å². The van der Waals surface area contributed by atoms with Crippen molar-refractivity contribution in [1.82, 2.24) is 9.03 Å². The van der Waals surface area contributed by atoms with Gasteiger partial charge in [-0.1, -0.05) is 6.58 Å². The van der Waals surface area contributed by atoms with Gasteiger partial charge >= 0.3 is 10.2 Å². The first-order chi connectivity index (χ1) is 10.7. The molecule has 130 valence electrons. The van der Waals surface area contributed by atoms with Crippen molar-refractivity contribution in [2.24, 2.45) is 0 Å². The second-order valence-corrected chi connectivity index (χ2v) is 8.35. The first-order valence-corrected chi connectivity index (χ1v) is 9.64. The zero-order valence-electron chi connectivity index (χ0n) is 13.0. The highest BCUT2D eigenvalue weighted by Gasteiger charge is 2.15. The normalized spacial score (nSPS) is 12.1. The fraction of sp³-hybridized carbons (Fsp3) is 0.385. The second-order valence-electron chi connectivity index (χ2n) is 4.70. The summed E-state index contributed by atoms with van der Waals surface area (Å²) in [5, 5.41) is 0. The SMILES string of the molecule is C=COCCCNS(=O)(=O)c1ccc(NS(=O)(=O)N(C)C)cc1. The molecule has 0 aromatic heterocycles. The summed E-state index contributed by atoms with van der Waals surface area (Å²) in [5.74, 6) is 0. The zero-order valence-corrected chi connectivity index (χ0v) is 14.7. The van der Waals surface area contributed by atoms with E-state index in [4.69, 9.17) is 4.74 Å². The Morgan fingerprint density at radius 3 is 2.30 bits per heavy atom. The lowest BCUT2D eigenvalue weighted by molar-refractivity contribution is 0.247. The van der Waals surface area contributed by atoms with Gasteiger partial charge in [0.1, 0.15) is 0 Å². The summed E-state index contributed by atoms with van der Waals surface area (Å²) >= 11 is 0. The standard InChI is InChI=1S/C13H21N3O5S2/c1-4-21-11-5-10-14-22(17,18)13-8-6-12(7-9-13)15-23(19,20)16(2)3/h4,6-9,14-15H,1,5,10-11H2,2-3H3. The lowest BCUT2D eigenvalue weighted by Crippen LogP contribution is -2.29. The highest BCUT2D eigenvalue weighted by molar-refractivity contribution is 7.90. The third kappa shape index (κ3) is 6.18. The Bertz CT molecular complexity index is 712. The minimum Gasteiger partial charge on any atom is -0.502 e. The molecule has 0 amide bonds. The molecule has 0 aliphatic rings. The van der Waals surface area contributed by atoms with Crippen molar-refractivity contribution in [1.29, 1.82) is 0 Å². The molecule has 8 nitrogen and oxygen atoms in total. The molecule has 0 aliphatic heterocycles. The number of benzene rings is 1. The quantitative estimate of drug-likeness (QED) is 0.471. The number of sulfonamides is 1. The van der Waals surface area contributed by atoms with Gasteiger partial charge in [-0.3, -0.25) is 4.72 Å². The molecule has 0 atom stereocenters. The first-order valence-electron chi connectivity index (χ1n) is 6.71. The Morgan fingerprint density at radius 2 is 1.78 bits per heavy atom. The molecular formula is C13H21N3O5S2. The van der Waals surface area contributed by atoms with Crippen LogP contribution in [0, 0.1) is 0 Å². The number of rotatable bonds is 10. The van der Waals surface area contributed by atoms with Crippen LogP contribution in [0.4, 0.5) is 5.69 Å². The van der Waals surface area contributed by atoms with Crippen LogP contribution >= 0.6 is 0 Å². The molecule has 1 aromatic rings. The molecule has 0 bridgehead atoms. The van der Waals surface area contributed by atoms with Gasteiger partial charge in [0.15, 0.2) is 0 Å². The van der Waals surface area contributed by atoms with E-state index in [9.17, 15) is 16.8 Å². The molecule has 0 saturated heterocycles. The monoisotopic (exact) mass is 363 g/mol. The number of ether oxygens (including phenoxy) is 1. The first kappa shape index (κ1) is 19.4. The number of nitrogens with zero attached hydrogens (tertiary/aromatic N) is 1. The van der Waals surface area contributed by atoms with Gasteiger partial charge in [0, 0.05) is 26.3 Å². The molecule has 1 aromatic carbocycles. The predicted molar refractivity (Wildman–Crippen MR) is 88.6 cm³/mol. The number of hydrogen-bond acceptors (Lipinski definition) is 5. The Balaban J connectivity index is 2.70. The lowest BCUT2D eigenvalue weighted by atomic mass is 10.3. The smallest absolute Gasteiger partial charge is 0.301 e. The number of nitrogens with one attached hydrogen (secondary N) is 2. The van der Waals surface area contributed by atoms with Crippen LogP contribution in [0.3, 0.4) is 0 Å². The second kappa shape index (κ2) is 8.29. The molecule has 10 heteroatoms. The molecule has 0 radical (unpaired) electrons. The summed E-state index contributed by atoms with van der Waals surface area (Å²) < 4.78 is 58.1. The summed E-state index contributed by atoms with van der Waals surface area (Å²) in [4.78, 5) is 0.0509. The van der Waals surface area contributed by atoms with E-state index >= 15 is 0 Å². The van der Waals surface area contributed by atoms with Gasteiger partial charge in [-0.2, -0.15) is 12.7 Å². The molecule has 2 N–H and O–H groups in total. The van der Waals surface area contributed by atoms with Crippen molar-refractivity contribution in [3.63, 3.8) is 0 Å². The van der Waals surface area contributed by atoms with Gasteiger partial charge in [0.2, 0.25) is 10.0 Å². The molecule has 23 heavy (non-hydrogen) atoms. The van der Waals surface area contributed by atoms with E-state index in [1.54, 1.807) is 0 Å². The maximum absolute atomic E-state index is 12.1. The lowest BCUT2D eigenvalue weighted by Gasteiger charge is -2.13. The van der Waals surface area contributed by atoms with Crippen molar-refractivity contribution in [2.75, 3.05) is 32.0 Å². The van der Waals surface area contributed by atoms with E-state index in [1.807, 2.05) is 0 Å². The number of anilines is 1. The van der Waals surface area contributed by atoms with Gasteiger partial charge in [0.05, 0.1) is 17.8 Å². The maximum atomic E-state index is 12.1. The molecule has 0 fully saturated rings. The van der Waals surface area contributed by atoms with Crippen LogP contribution in [0.5, 0.6) is 0 Å². The van der Waals surface area contributed by atoms with Gasteiger partial charge in [-0.25, -0.2) is 13.1 Å². The molecular weight excluding hydrogens is 342 g/mol. The van der Waals surface area contributed by atoms with Crippen molar-refractivity contribution in [3.05, 3.63) is 37.1 Å². The van der Waals surface area contributed by atoms with Gasteiger partial charge in [-0.05, 0) is 30.7 Å². The van der Waals surface area contributed by atoms with Crippen LogP contribution in [-0.4, -0.2) is 48.4 Å². The highest BCUT2D eigenvalue weighted by atomic mass is 32.2. The highest BCUT2D eigenvalue weighted by Crippen LogP contribution is 2.15. The van der Waals surface area contributed by atoms with Crippen molar-refractivity contribution in [3.8, 4) is 0 Å². The van der Waals surface area contributed by atoms with E-state index in [2.05, 4.69) is 16.0 Å². The minimum atomic E-state index is -3.64. The average Bonchev–Trinajstić information content (AvgIpc) is 2.47. The molecule has 1 rings (SSSR count). The summed E-state index contributed by atoms with van der Waals surface area (Å²) in [6.07, 6.45) is 1.80. The summed E-state index contributed by atoms with van der Waals surface area (Å²) in [5.41, 5.74) is 0.275. The fourth-order valence-electron chi connectivity index (χ4n) is 1.47. The van der Waals surface area contributed by atoms with Crippen LogP contribution in [0.2, 0.25) is 0 Å². The summed E-state index contributed by atoms with van der Waals surface area (Å²) in [6, 6.07) is 5.43. The summed E-state index contributed by atoms with van der Waals surface area (Å²) in [7, 11) is -4.49. The number of hydrogen-bond donors (Lipinski definition) is 2. The largest absolute Gasteiger partial charge is 0.502 e. The van der Waals surface area contributed by atoms with E-state index in [0.29, 0.717) is 13.0 Å². The zero-order chi connectivity index (χ0) is 17.5. The topological polar surface area (TPSA) is 105 Å². The predicted octanol–water partition coefficient (Wildman–Crippen LogP) is 0.733. The maximum Gasteiger partial charge on any atom is 0.301 e. The van der Waals surface area contributed by atoms with Crippen LogP contribution in [0.25, 0.3) is 0 Å². The van der Waals surface area contributed by atoms with Crippen LogP contribution in [0.15, 0.2) is 42.0 Å². The van der Waals surface area contributed by atoms with Crippen LogP contribution < -0.4 is 9.44 Å². The average molecular weight is 363 g/mol. The van der Waals surface area contributed by atoms with Gasteiger partial charge in [0.25, 0.3) is 0 Å². The van der Waals surface area contributed by atoms with Crippen molar-refractivity contribution >= 4 is 25.9 Å². The molecule has 0 saturated carbocycles. The van der Waals surface area contributed by atoms with E-state index < -0.39 is 20.2 Å². The summed E-state index contributed by atoms with van der Waals surface area (Å²) in [6.45, 7) is 3.99. The molecule has 0 aliphatic carbocycles. The Kier molecular flexibility index (Phi) is 7.01. The Labute approximate surface area is 137 Å². The fourth-order valence-corrected chi connectivity index (χ4v) is 3.16. The van der Waals surface area contributed by atoms with E-state index in [0.717, 1.165) is 4.31 Å². The van der Waals surface area contributed by atoms with Gasteiger partial charge in [-0.15, -0.1) is 0 Å². The van der Waals surface area contributed by atoms with E-state index in [1.165, 1.54) is 44.6 Å². The van der Waals surface area contributed by atoms with Crippen LogP contribution in [-0.2, 0) is 25.0 Å². The van der Waals surface area contributed by atoms with E-state index in [-0.39, 0.29) is 17.1 Å². The van der Waals surface area contributed by atoms with Gasteiger partial charge < -0.3 is 4.74 Å². The third-order valence-electron chi connectivity index (χ3n) is 2.74.